The largest absolute Gasteiger partial charge is 0.337 e. The van der Waals surface area contributed by atoms with E-state index < -0.39 is 0 Å². The Morgan fingerprint density at radius 1 is 0.389 bits per heavy atom. The zero-order valence-corrected chi connectivity index (χ0v) is 23.4. The summed E-state index contributed by atoms with van der Waals surface area (Å²) >= 11 is 0. The van der Waals surface area contributed by atoms with Crippen LogP contribution in [0.3, 0.4) is 0 Å². The van der Waals surface area contributed by atoms with Crippen molar-refractivity contribution in [2.75, 3.05) is 0 Å². The normalized spacial score (nSPS) is 23.4. The third kappa shape index (κ3) is 8.22. The molecule has 0 aliphatic heterocycles. The second kappa shape index (κ2) is 15.4. The van der Waals surface area contributed by atoms with Crippen molar-refractivity contribution in [3.05, 3.63) is 0 Å². The van der Waals surface area contributed by atoms with Crippen LogP contribution < -0.4 is 0 Å². The van der Waals surface area contributed by atoms with Gasteiger partial charge in [-0.25, -0.2) is 0 Å². The lowest BCUT2D eigenvalue weighted by molar-refractivity contribution is -0.139. The third-order valence-corrected chi connectivity index (χ3v) is 9.98. The van der Waals surface area contributed by atoms with Crippen LogP contribution in [-0.2, 0) is 9.59 Å². The van der Waals surface area contributed by atoms with Crippen LogP contribution in [0.15, 0.2) is 0 Å². The molecule has 0 aromatic carbocycles. The van der Waals surface area contributed by atoms with Crippen molar-refractivity contribution < 1.29 is 9.59 Å². The van der Waals surface area contributed by atoms with Gasteiger partial charge in [0.25, 0.3) is 0 Å². The zero-order valence-electron chi connectivity index (χ0n) is 23.4. The Balaban J connectivity index is 1.19. The van der Waals surface area contributed by atoms with Crippen LogP contribution in [0, 0.1) is 0 Å². The summed E-state index contributed by atoms with van der Waals surface area (Å²) in [6.45, 7) is 0. The van der Waals surface area contributed by atoms with E-state index in [1.165, 1.54) is 128 Å². The Hall–Kier alpha value is -1.06. The van der Waals surface area contributed by atoms with Crippen molar-refractivity contribution >= 4 is 11.8 Å². The van der Waals surface area contributed by atoms with Gasteiger partial charge in [0.2, 0.25) is 11.8 Å². The Bertz CT molecular complexity index is 549. The molecule has 4 fully saturated rings. The summed E-state index contributed by atoms with van der Waals surface area (Å²) in [4.78, 5) is 31.5. The Kier molecular flexibility index (Phi) is 11.9. The third-order valence-electron chi connectivity index (χ3n) is 9.98. The Labute approximate surface area is 222 Å². The maximum Gasteiger partial charge on any atom is 0.223 e. The van der Waals surface area contributed by atoms with Crippen molar-refractivity contribution in [2.24, 2.45) is 0 Å². The summed E-state index contributed by atoms with van der Waals surface area (Å²) < 4.78 is 0. The molecular formula is C32H56N2O2. The van der Waals surface area contributed by atoms with E-state index in [0.29, 0.717) is 36.0 Å². The lowest BCUT2D eigenvalue weighted by atomic mass is 9.88. The first kappa shape index (κ1) is 28.0. The molecule has 0 unspecified atom stereocenters. The van der Waals surface area contributed by atoms with Gasteiger partial charge in [0, 0.05) is 37.0 Å². The fourth-order valence-electron chi connectivity index (χ4n) is 8.01. The van der Waals surface area contributed by atoms with E-state index in [1.807, 2.05) is 0 Å². The molecule has 4 heteroatoms. The van der Waals surface area contributed by atoms with Crippen molar-refractivity contribution in [3.8, 4) is 0 Å². The van der Waals surface area contributed by atoms with Crippen LogP contribution in [0.2, 0.25) is 0 Å². The number of carbonyl (C=O) groups is 2. The summed E-state index contributed by atoms with van der Waals surface area (Å²) in [6.07, 6.45) is 31.2. The molecule has 0 atom stereocenters. The van der Waals surface area contributed by atoms with Gasteiger partial charge in [-0.05, 0) is 64.2 Å². The van der Waals surface area contributed by atoms with Crippen LogP contribution in [0.5, 0.6) is 0 Å². The van der Waals surface area contributed by atoms with E-state index in [0.717, 1.165) is 38.5 Å². The second-order valence-corrected chi connectivity index (χ2v) is 12.7. The molecule has 2 amide bonds. The fourth-order valence-corrected chi connectivity index (χ4v) is 8.01. The van der Waals surface area contributed by atoms with Crippen LogP contribution in [0.4, 0.5) is 0 Å². The minimum Gasteiger partial charge on any atom is -0.337 e. The number of nitrogens with zero attached hydrogens (tertiary/aromatic N) is 2. The quantitative estimate of drug-likeness (QED) is 0.268. The molecule has 4 aliphatic rings. The molecule has 4 aliphatic carbocycles. The molecule has 4 nitrogen and oxygen atoms in total. The van der Waals surface area contributed by atoms with Crippen LogP contribution in [0.25, 0.3) is 0 Å². The lowest BCUT2D eigenvalue weighted by Crippen LogP contribution is -2.48. The highest BCUT2D eigenvalue weighted by atomic mass is 16.2. The van der Waals surface area contributed by atoms with Crippen LogP contribution in [0.1, 0.15) is 167 Å². The van der Waals surface area contributed by atoms with E-state index in [4.69, 9.17) is 0 Å². The number of amides is 2. The maximum atomic E-state index is 13.4. The van der Waals surface area contributed by atoms with Gasteiger partial charge < -0.3 is 9.80 Å². The second-order valence-electron chi connectivity index (χ2n) is 12.7. The highest BCUT2D eigenvalue weighted by Gasteiger charge is 2.33. The minimum absolute atomic E-state index is 0.436. The summed E-state index contributed by atoms with van der Waals surface area (Å²) in [5.41, 5.74) is 0. The number of hydrogen-bond donors (Lipinski definition) is 0. The molecule has 0 spiro atoms. The van der Waals surface area contributed by atoms with Gasteiger partial charge in [0.15, 0.2) is 0 Å². The predicted molar refractivity (Wildman–Crippen MR) is 149 cm³/mol. The summed E-state index contributed by atoms with van der Waals surface area (Å²) in [5, 5.41) is 0. The summed E-state index contributed by atoms with van der Waals surface area (Å²) in [6, 6.07) is 2.05. The van der Waals surface area contributed by atoms with Crippen molar-refractivity contribution in [1.82, 2.24) is 9.80 Å². The molecule has 206 valence electrons. The smallest absolute Gasteiger partial charge is 0.223 e. The molecule has 0 aromatic rings. The molecule has 4 rings (SSSR count). The molecule has 0 heterocycles. The van der Waals surface area contributed by atoms with E-state index >= 15 is 0 Å². The van der Waals surface area contributed by atoms with Crippen molar-refractivity contribution in [3.63, 3.8) is 0 Å². The number of hydrogen-bond acceptors (Lipinski definition) is 2. The van der Waals surface area contributed by atoms with E-state index in [-0.39, 0.29) is 0 Å². The first-order valence-electron chi connectivity index (χ1n) is 16.4. The highest BCUT2D eigenvalue weighted by Crippen LogP contribution is 2.32. The molecular weight excluding hydrogens is 444 g/mol. The van der Waals surface area contributed by atoms with Gasteiger partial charge in [-0.1, -0.05) is 89.9 Å². The molecule has 36 heavy (non-hydrogen) atoms. The number of rotatable bonds is 11. The van der Waals surface area contributed by atoms with Crippen LogP contribution in [-0.4, -0.2) is 45.8 Å². The standard InChI is InChI=1S/C32H56N2O2/c35-31(33(27-17-7-3-8-18-27)28-19-9-4-10-20-28)25-15-1-2-16-26-32(36)34(29-21-11-5-12-22-29)30-23-13-6-14-24-30/h27-30H,1-26H2. The average molecular weight is 501 g/mol. The molecule has 0 radical (unpaired) electrons. The van der Waals surface area contributed by atoms with E-state index in [2.05, 4.69) is 9.80 Å². The topological polar surface area (TPSA) is 40.6 Å². The maximum absolute atomic E-state index is 13.4. The van der Waals surface area contributed by atoms with E-state index in [1.54, 1.807) is 0 Å². The SMILES string of the molecule is O=C(CCCCCCC(=O)N(C1CCCCC1)C1CCCCC1)N(C1CCCCC1)C1CCCCC1. The summed E-state index contributed by atoms with van der Waals surface area (Å²) in [7, 11) is 0. The van der Waals surface area contributed by atoms with E-state index in [9.17, 15) is 9.59 Å². The number of carbonyl (C=O) groups excluding carboxylic acids is 2. The molecule has 0 saturated heterocycles. The van der Waals surface area contributed by atoms with Gasteiger partial charge in [-0.15, -0.1) is 0 Å². The first-order valence-corrected chi connectivity index (χ1v) is 16.4. The van der Waals surface area contributed by atoms with Gasteiger partial charge >= 0.3 is 0 Å². The lowest BCUT2D eigenvalue weighted by Gasteiger charge is -2.42. The fraction of sp³-hybridized carbons (Fsp3) is 0.938. The minimum atomic E-state index is 0.436. The average Bonchev–Trinajstić information content (AvgIpc) is 2.93. The Morgan fingerprint density at radius 3 is 0.889 bits per heavy atom. The molecule has 0 bridgehead atoms. The van der Waals surface area contributed by atoms with Crippen LogP contribution >= 0.6 is 0 Å². The molecule has 4 saturated carbocycles. The van der Waals surface area contributed by atoms with Gasteiger partial charge in [0.05, 0.1) is 0 Å². The molecule has 0 aromatic heterocycles. The summed E-state index contributed by atoms with van der Waals surface area (Å²) in [5.74, 6) is 0.872. The van der Waals surface area contributed by atoms with Crippen molar-refractivity contribution in [1.29, 1.82) is 0 Å². The first-order chi connectivity index (χ1) is 17.7. The zero-order chi connectivity index (χ0) is 25.0. The highest BCUT2D eigenvalue weighted by molar-refractivity contribution is 5.77. The number of unbranched alkanes of at least 4 members (excludes halogenated alkanes) is 3. The van der Waals surface area contributed by atoms with Crippen molar-refractivity contribution in [2.45, 2.75) is 191 Å². The van der Waals surface area contributed by atoms with Gasteiger partial charge in [-0.2, -0.15) is 0 Å². The predicted octanol–water partition coefficient (Wildman–Crippen LogP) is 8.32. The van der Waals surface area contributed by atoms with Gasteiger partial charge in [-0.3, -0.25) is 9.59 Å². The van der Waals surface area contributed by atoms with Gasteiger partial charge in [0.1, 0.15) is 0 Å². The Morgan fingerprint density at radius 2 is 0.639 bits per heavy atom. The monoisotopic (exact) mass is 500 g/mol. The molecule has 0 N–H and O–H groups in total.